The molecule has 28 heavy (non-hydrogen) atoms. The number of rotatable bonds is 5. The molecule has 0 aliphatic carbocycles. The number of carbonyl (C=O) groups is 1. The summed E-state index contributed by atoms with van der Waals surface area (Å²) in [7, 11) is -3.95. The number of phenolic OH excluding ortho intramolecular Hbond substituents is 1. The highest BCUT2D eigenvalue weighted by Gasteiger charge is 2.18. The number of amides is 1. The highest BCUT2D eigenvalue weighted by Crippen LogP contribution is 2.28. The van der Waals surface area contributed by atoms with Crippen LogP contribution in [-0.4, -0.2) is 19.4 Å². The van der Waals surface area contributed by atoms with Crippen molar-refractivity contribution in [3.8, 4) is 5.75 Å². The third kappa shape index (κ3) is 4.62. The van der Waals surface area contributed by atoms with E-state index in [1.54, 1.807) is 42.5 Å². The van der Waals surface area contributed by atoms with Crippen molar-refractivity contribution in [3.63, 3.8) is 0 Å². The average Bonchev–Trinajstić information content (AvgIpc) is 2.63. The number of phenols is 1. The first kappa shape index (κ1) is 19.7. The Morgan fingerprint density at radius 1 is 1.00 bits per heavy atom. The van der Waals surface area contributed by atoms with Gasteiger partial charge in [-0.15, -0.1) is 0 Å². The molecule has 8 heteroatoms. The zero-order valence-electron chi connectivity index (χ0n) is 14.8. The number of halogens is 1. The number of aryl methyl sites for hydroxylation is 1. The summed E-state index contributed by atoms with van der Waals surface area (Å²) in [5, 5.41) is 12.9. The molecule has 0 aromatic heterocycles. The van der Waals surface area contributed by atoms with Gasteiger partial charge in [-0.05, 0) is 55.5 Å². The van der Waals surface area contributed by atoms with Gasteiger partial charge in [-0.3, -0.25) is 9.52 Å². The second-order valence-electron chi connectivity index (χ2n) is 6.11. The van der Waals surface area contributed by atoms with Gasteiger partial charge in [-0.1, -0.05) is 35.4 Å². The second-order valence-corrected chi connectivity index (χ2v) is 8.23. The summed E-state index contributed by atoms with van der Waals surface area (Å²) in [6.45, 7) is 1.90. The Hall–Kier alpha value is -3.03. The van der Waals surface area contributed by atoms with Crippen molar-refractivity contribution in [1.29, 1.82) is 0 Å². The predicted octanol–water partition coefficient (Wildman–Crippen LogP) is 4.41. The van der Waals surface area contributed by atoms with E-state index in [1.807, 2.05) is 6.92 Å². The molecule has 0 saturated carbocycles. The lowest BCUT2D eigenvalue weighted by Crippen LogP contribution is -2.15. The number of nitrogens with one attached hydrogen (secondary N) is 2. The maximum absolute atomic E-state index is 12.6. The van der Waals surface area contributed by atoms with Gasteiger partial charge in [-0.2, -0.15) is 0 Å². The fourth-order valence-corrected chi connectivity index (χ4v) is 3.71. The van der Waals surface area contributed by atoms with Crippen molar-refractivity contribution < 1.29 is 18.3 Å². The Balaban J connectivity index is 1.86. The zero-order chi connectivity index (χ0) is 20.3. The highest BCUT2D eigenvalue weighted by molar-refractivity contribution is 7.92. The molecule has 0 spiro atoms. The van der Waals surface area contributed by atoms with Gasteiger partial charge in [0.2, 0.25) is 0 Å². The summed E-state index contributed by atoms with van der Waals surface area (Å²) in [6, 6.07) is 16.8. The van der Waals surface area contributed by atoms with Crippen molar-refractivity contribution in [1.82, 2.24) is 0 Å². The minimum absolute atomic E-state index is 0.0143. The number of anilines is 2. The highest BCUT2D eigenvalue weighted by atomic mass is 35.5. The molecular formula is C20H17ClN2O4S. The Bertz CT molecular complexity index is 1130. The van der Waals surface area contributed by atoms with Crippen LogP contribution in [0.2, 0.25) is 5.02 Å². The van der Waals surface area contributed by atoms with Crippen LogP contribution >= 0.6 is 11.6 Å². The van der Waals surface area contributed by atoms with Gasteiger partial charge in [-0.25, -0.2) is 8.42 Å². The van der Waals surface area contributed by atoms with E-state index in [2.05, 4.69) is 10.0 Å². The molecule has 144 valence electrons. The van der Waals surface area contributed by atoms with E-state index in [1.165, 1.54) is 24.3 Å². The molecule has 0 unspecified atom stereocenters. The first-order valence-corrected chi connectivity index (χ1v) is 10.1. The molecule has 6 nitrogen and oxygen atoms in total. The van der Waals surface area contributed by atoms with Crippen LogP contribution in [0.5, 0.6) is 5.75 Å². The van der Waals surface area contributed by atoms with Gasteiger partial charge in [0.25, 0.3) is 15.9 Å². The molecule has 3 aromatic carbocycles. The van der Waals surface area contributed by atoms with Gasteiger partial charge in [0.15, 0.2) is 0 Å². The molecular weight excluding hydrogens is 400 g/mol. The van der Waals surface area contributed by atoms with Crippen molar-refractivity contribution in [3.05, 3.63) is 82.9 Å². The Morgan fingerprint density at radius 2 is 1.71 bits per heavy atom. The summed E-state index contributed by atoms with van der Waals surface area (Å²) in [5.41, 5.74) is 1.67. The van der Waals surface area contributed by atoms with E-state index in [0.717, 1.165) is 5.56 Å². The molecule has 3 aromatic rings. The predicted molar refractivity (Wildman–Crippen MR) is 109 cm³/mol. The van der Waals surface area contributed by atoms with Gasteiger partial charge < -0.3 is 10.4 Å². The molecule has 0 bridgehead atoms. The molecule has 0 fully saturated rings. The van der Waals surface area contributed by atoms with Crippen molar-refractivity contribution in [2.24, 2.45) is 0 Å². The lowest BCUT2D eigenvalue weighted by atomic mass is 10.1. The number of hydrogen-bond donors (Lipinski definition) is 3. The quantitative estimate of drug-likeness (QED) is 0.537. The van der Waals surface area contributed by atoms with E-state index < -0.39 is 15.9 Å². The monoisotopic (exact) mass is 416 g/mol. The van der Waals surface area contributed by atoms with Crippen molar-refractivity contribution in [2.45, 2.75) is 11.8 Å². The molecule has 0 atom stereocenters. The number of hydrogen-bond acceptors (Lipinski definition) is 4. The standard InChI is InChI=1S/C20H17ClN2O4S/c1-13-5-7-14(8-6-13)20(25)22-18-12-17(9-10-19(18)24)28(26,27)23-16-4-2-3-15(21)11-16/h2-12,23-24H,1H3,(H,22,25). The van der Waals surface area contributed by atoms with Crippen LogP contribution in [0, 0.1) is 6.92 Å². The first-order chi connectivity index (χ1) is 13.2. The Morgan fingerprint density at radius 3 is 2.39 bits per heavy atom. The average molecular weight is 417 g/mol. The molecule has 0 saturated heterocycles. The van der Waals surface area contributed by atoms with Gasteiger partial charge in [0.05, 0.1) is 16.3 Å². The number of sulfonamides is 1. The van der Waals surface area contributed by atoms with Gasteiger partial charge in [0, 0.05) is 10.6 Å². The SMILES string of the molecule is Cc1ccc(C(=O)Nc2cc(S(=O)(=O)Nc3cccc(Cl)c3)ccc2O)cc1. The minimum atomic E-state index is -3.95. The number of carbonyl (C=O) groups excluding carboxylic acids is 1. The van der Waals surface area contributed by atoms with Crippen LogP contribution in [0.3, 0.4) is 0 Å². The Labute approximate surface area is 167 Å². The number of benzene rings is 3. The molecule has 1 amide bonds. The van der Waals surface area contributed by atoms with Crippen LogP contribution in [-0.2, 0) is 10.0 Å². The van der Waals surface area contributed by atoms with Crippen molar-refractivity contribution >= 4 is 38.9 Å². The van der Waals surface area contributed by atoms with Gasteiger partial charge in [0.1, 0.15) is 5.75 Å². The Kier molecular flexibility index (Phi) is 5.58. The third-order valence-electron chi connectivity index (χ3n) is 3.92. The van der Waals surface area contributed by atoms with E-state index in [9.17, 15) is 18.3 Å². The molecule has 0 radical (unpaired) electrons. The molecule has 0 aliphatic heterocycles. The molecule has 3 N–H and O–H groups in total. The summed E-state index contributed by atoms with van der Waals surface area (Å²) in [4.78, 5) is 12.2. The summed E-state index contributed by atoms with van der Waals surface area (Å²) >= 11 is 5.88. The summed E-state index contributed by atoms with van der Waals surface area (Å²) in [5.74, 6) is -0.713. The topological polar surface area (TPSA) is 95.5 Å². The smallest absolute Gasteiger partial charge is 0.261 e. The van der Waals surface area contributed by atoms with Crippen LogP contribution < -0.4 is 10.0 Å². The lowest BCUT2D eigenvalue weighted by molar-refractivity contribution is 0.102. The van der Waals surface area contributed by atoms with Gasteiger partial charge >= 0.3 is 0 Å². The molecule has 3 rings (SSSR count). The van der Waals surface area contributed by atoms with Crippen LogP contribution in [0.4, 0.5) is 11.4 Å². The zero-order valence-corrected chi connectivity index (χ0v) is 16.4. The number of aromatic hydroxyl groups is 1. The second kappa shape index (κ2) is 7.92. The fourth-order valence-electron chi connectivity index (χ4n) is 2.45. The van der Waals surface area contributed by atoms with Crippen LogP contribution in [0.15, 0.2) is 71.6 Å². The molecule has 0 heterocycles. The fraction of sp³-hybridized carbons (Fsp3) is 0.0500. The third-order valence-corrected chi connectivity index (χ3v) is 5.53. The first-order valence-electron chi connectivity index (χ1n) is 8.24. The maximum Gasteiger partial charge on any atom is 0.261 e. The molecule has 0 aliphatic rings. The van der Waals surface area contributed by atoms with E-state index in [4.69, 9.17) is 11.6 Å². The largest absolute Gasteiger partial charge is 0.506 e. The van der Waals surface area contributed by atoms with Crippen molar-refractivity contribution in [2.75, 3.05) is 10.0 Å². The minimum Gasteiger partial charge on any atom is -0.506 e. The maximum atomic E-state index is 12.6. The van der Waals surface area contributed by atoms with Crippen LogP contribution in [0.25, 0.3) is 0 Å². The lowest BCUT2D eigenvalue weighted by Gasteiger charge is -2.12. The normalized spacial score (nSPS) is 11.1. The van der Waals surface area contributed by atoms with Crippen LogP contribution in [0.1, 0.15) is 15.9 Å². The summed E-state index contributed by atoms with van der Waals surface area (Å²) in [6.07, 6.45) is 0. The van der Waals surface area contributed by atoms with E-state index >= 15 is 0 Å². The summed E-state index contributed by atoms with van der Waals surface area (Å²) < 4.78 is 27.6. The van der Waals surface area contributed by atoms with E-state index in [-0.39, 0.29) is 16.3 Å². The van der Waals surface area contributed by atoms with E-state index in [0.29, 0.717) is 16.3 Å².